The summed E-state index contributed by atoms with van der Waals surface area (Å²) < 4.78 is 76.4. The fraction of sp³-hybridized carbons (Fsp3) is 0.466. The van der Waals surface area contributed by atoms with Crippen molar-refractivity contribution in [1.29, 1.82) is 0 Å². The molecule has 0 spiro atoms. The van der Waals surface area contributed by atoms with Crippen LogP contribution in [-0.2, 0) is 68.6 Å². The number of Topliss-reactive ketones (excluding diaryl/α,β-unsaturated/α-hetero) is 4. The Balaban J connectivity index is 1.03. The van der Waals surface area contributed by atoms with Crippen LogP contribution in [0.2, 0.25) is 5.02 Å². The molecular formula is C58H68ClF4N5O20. The molecule has 4 aromatic rings. The van der Waals surface area contributed by atoms with Crippen molar-refractivity contribution in [2.24, 2.45) is 17.6 Å². The summed E-state index contributed by atoms with van der Waals surface area (Å²) in [6.07, 6.45) is -24.9. The molecule has 3 unspecified atom stereocenters. The molecule has 480 valence electrons. The minimum Gasteiger partial charge on any atom is -0.457 e. The molecule has 0 saturated carbocycles. The topological polar surface area (TPSA) is 402 Å². The summed E-state index contributed by atoms with van der Waals surface area (Å²) in [7, 11) is 1.45. The number of benzene rings is 3. The van der Waals surface area contributed by atoms with Gasteiger partial charge in [-0.05, 0) is 66.4 Å². The van der Waals surface area contributed by atoms with Crippen molar-refractivity contribution < 1.29 is 116 Å². The third kappa shape index (κ3) is 20.6. The number of rotatable bonds is 32. The van der Waals surface area contributed by atoms with Crippen LogP contribution in [0.5, 0.6) is 11.5 Å². The quantitative estimate of drug-likeness (QED) is 0.0246. The first kappa shape index (κ1) is 71.3. The fourth-order valence-electron chi connectivity index (χ4n) is 8.86. The lowest BCUT2D eigenvalue weighted by Gasteiger charge is -2.42. The normalized spacial score (nSPS) is 19.2. The summed E-state index contributed by atoms with van der Waals surface area (Å²) in [5.74, 6) is -8.80. The molecule has 0 aliphatic carbocycles. The van der Waals surface area contributed by atoms with Gasteiger partial charge in [-0.25, -0.2) is 9.18 Å². The maximum atomic E-state index is 15.1. The standard InChI is InChI=1S/C58H68ClF4N5O20/c1-28(17-44(74)48(77)51(80)53(45(75)25-69)88-56-52(81)50(79)49(78)46(26-70)87-56)54(82)66-29(2)43(73)21-33(22-47(64)76)55(83)67-34-10-6-30(7-11-34)27-85-57(84)68(3)16-4-5-42(72)41-24-37(14-15-65-41)86-36-12-9-32(40(60)23-36)20-35(71)18-31-8-13-39(59)38(19-31)58(61,62)63/h6-15,19,23-24,28-29,33,45-46,48-53,56,69-70,75,77-81H,4-5,16-18,20-22,25-27H2,1-3H3,(H2,64,76)(H,66,82)(H,67,83)/t28?,29?,33?,45-,46-,48+,49+,50+,51+,52-,53+,56+/m1/s1. The molecule has 1 saturated heterocycles. The number of aliphatic hydroxyl groups excluding tert-OH is 8. The molecular weight excluding hydrogens is 1200 g/mol. The van der Waals surface area contributed by atoms with Gasteiger partial charge in [0.1, 0.15) is 84.2 Å². The second kappa shape index (κ2) is 32.7. The number of primary amides is 1. The smallest absolute Gasteiger partial charge is 0.417 e. The number of halogens is 5. The molecule has 1 aromatic heterocycles. The lowest BCUT2D eigenvalue weighted by atomic mass is 9.93. The van der Waals surface area contributed by atoms with Crippen LogP contribution in [0.15, 0.2) is 79.0 Å². The Morgan fingerprint density at radius 1 is 0.818 bits per heavy atom. The molecule has 3 aromatic carbocycles. The molecule has 12 N–H and O–H groups in total. The van der Waals surface area contributed by atoms with Gasteiger partial charge in [0.05, 0.1) is 35.8 Å². The van der Waals surface area contributed by atoms with E-state index < -0.39 is 188 Å². The number of aliphatic hydroxyl groups is 8. The Bertz CT molecular complexity index is 3110. The summed E-state index contributed by atoms with van der Waals surface area (Å²) in [6.45, 7) is 0.374. The van der Waals surface area contributed by atoms with Gasteiger partial charge < -0.3 is 81.1 Å². The summed E-state index contributed by atoms with van der Waals surface area (Å²) in [6, 6.07) is 14.1. The molecule has 30 heteroatoms. The molecule has 5 rings (SSSR count). The first-order chi connectivity index (χ1) is 41.4. The number of nitrogens with zero attached hydrogens (tertiary/aromatic N) is 2. The summed E-state index contributed by atoms with van der Waals surface area (Å²) in [5.41, 5.74) is 5.03. The maximum absolute atomic E-state index is 15.1. The number of nitrogens with two attached hydrogens (primary N) is 1. The average molecular weight is 1270 g/mol. The van der Waals surface area contributed by atoms with Crippen LogP contribution in [0, 0.1) is 17.7 Å². The van der Waals surface area contributed by atoms with Crippen LogP contribution in [0.4, 0.5) is 28.0 Å². The van der Waals surface area contributed by atoms with Crippen molar-refractivity contribution in [2.75, 3.05) is 32.1 Å². The van der Waals surface area contributed by atoms with E-state index in [0.29, 0.717) is 5.56 Å². The third-order valence-corrected chi connectivity index (χ3v) is 14.3. The van der Waals surface area contributed by atoms with E-state index >= 15 is 4.39 Å². The molecule has 0 radical (unpaired) electrons. The highest BCUT2D eigenvalue weighted by Gasteiger charge is 2.47. The highest BCUT2D eigenvalue weighted by Crippen LogP contribution is 2.36. The highest BCUT2D eigenvalue weighted by molar-refractivity contribution is 6.31. The Hall–Kier alpha value is -7.42. The predicted molar refractivity (Wildman–Crippen MR) is 298 cm³/mol. The molecule has 1 fully saturated rings. The monoisotopic (exact) mass is 1270 g/mol. The molecule has 0 bridgehead atoms. The number of ether oxygens (including phenoxy) is 4. The maximum Gasteiger partial charge on any atom is 0.417 e. The first-order valence-corrected chi connectivity index (χ1v) is 27.6. The molecule has 1 aliphatic heterocycles. The van der Waals surface area contributed by atoms with Crippen molar-refractivity contribution in [3.05, 3.63) is 118 Å². The SMILES string of the molecule is CC(CC(=O)[C@H](O)[C@H](O)[C@@H](O[C@@H]1O[C@H](CO)[C@H](O)[C@H](O)[C@H]1O)[C@H](O)CO)C(=O)NC(C)C(=O)CC(CC(N)=O)C(=O)Nc1ccc(COC(=O)N(C)CCCC(=O)c2cc(Oc3ccc(CC(=O)Cc4ccc(Cl)c(C(F)(F)F)c4)c(F)c3)ccn2)cc1. The van der Waals surface area contributed by atoms with Gasteiger partial charge >= 0.3 is 12.3 Å². The van der Waals surface area contributed by atoms with Gasteiger partial charge in [-0.2, -0.15) is 13.2 Å². The van der Waals surface area contributed by atoms with E-state index in [0.717, 1.165) is 18.2 Å². The molecule has 88 heavy (non-hydrogen) atoms. The average Bonchev–Trinajstić information content (AvgIpc) is 2.68. The van der Waals surface area contributed by atoms with E-state index in [9.17, 15) is 92.4 Å². The summed E-state index contributed by atoms with van der Waals surface area (Å²) in [5, 5.41) is 85.8. The number of hydrogen-bond donors (Lipinski definition) is 11. The number of carbonyl (C=O) groups excluding carboxylic acids is 8. The number of pyridine rings is 1. The third-order valence-electron chi connectivity index (χ3n) is 14.0. The van der Waals surface area contributed by atoms with Crippen molar-refractivity contribution >= 4 is 64.2 Å². The second-order valence-corrected chi connectivity index (χ2v) is 21.4. The first-order valence-electron chi connectivity index (χ1n) is 27.3. The van der Waals surface area contributed by atoms with E-state index in [-0.39, 0.29) is 60.0 Å². The van der Waals surface area contributed by atoms with E-state index in [2.05, 4.69) is 15.6 Å². The van der Waals surface area contributed by atoms with Gasteiger partial charge in [-0.3, -0.25) is 38.5 Å². The number of anilines is 1. The summed E-state index contributed by atoms with van der Waals surface area (Å²) in [4.78, 5) is 109. The molecule has 12 atom stereocenters. The van der Waals surface area contributed by atoms with Crippen LogP contribution < -0.4 is 21.1 Å². The van der Waals surface area contributed by atoms with E-state index in [1.165, 1.54) is 86.6 Å². The van der Waals surface area contributed by atoms with Crippen LogP contribution in [0.1, 0.15) is 78.7 Å². The van der Waals surface area contributed by atoms with Gasteiger partial charge in [-0.15, -0.1) is 0 Å². The zero-order valence-electron chi connectivity index (χ0n) is 47.6. The Morgan fingerprint density at radius 3 is 2.12 bits per heavy atom. The van der Waals surface area contributed by atoms with Gasteiger partial charge in [0.15, 0.2) is 23.6 Å². The highest BCUT2D eigenvalue weighted by atomic mass is 35.5. The largest absolute Gasteiger partial charge is 0.457 e. The second-order valence-electron chi connectivity index (χ2n) is 20.9. The molecule has 1 aliphatic rings. The van der Waals surface area contributed by atoms with Crippen LogP contribution in [0.25, 0.3) is 0 Å². The van der Waals surface area contributed by atoms with E-state index in [4.69, 9.17) is 36.3 Å². The minimum atomic E-state index is -4.73. The zero-order valence-corrected chi connectivity index (χ0v) is 48.3. The molecule has 4 amide bonds. The minimum absolute atomic E-state index is 0.0128. The van der Waals surface area contributed by atoms with Crippen molar-refractivity contribution in [3.8, 4) is 11.5 Å². The summed E-state index contributed by atoms with van der Waals surface area (Å²) >= 11 is 5.66. The van der Waals surface area contributed by atoms with Crippen LogP contribution >= 0.6 is 11.6 Å². The zero-order chi connectivity index (χ0) is 65.3. The predicted octanol–water partition coefficient (Wildman–Crippen LogP) is 2.02. The van der Waals surface area contributed by atoms with E-state index in [1.807, 2.05) is 0 Å². The Morgan fingerprint density at radius 2 is 1.49 bits per heavy atom. The number of ketones is 4. The number of aromatic nitrogens is 1. The Kier molecular flexibility index (Phi) is 26.5. The number of hydrogen-bond acceptors (Lipinski definition) is 21. The lowest BCUT2D eigenvalue weighted by Crippen LogP contribution is -2.61. The van der Waals surface area contributed by atoms with Crippen molar-refractivity contribution in [2.45, 2.75) is 133 Å². The van der Waals surface area contributed by atoms with Gasteiger partial charge in [0.25, 0.3) is 0 Å². The number of alkyl halides is 3. The van der Waals surface area contributed by atoms with Gasteiger partial charge in [-0.1, -0.05) is 42.8 Å². The van der Waals surface area contributed by atoms with Crippen molar-refractivity contribution in [1.82, 2.24) is 15.2 Å². The van der Waals surface area contributed by atoms with Crippen LogP contribution in [-0.4, -0.2) is 186 Å². The van der Waals surface area contributed by atoms with Crippen molar-refractivity contribution in [3.63, 3.8) is 0 Å². The molecule has 2 heterocycles. The lowest BCUT2D eigenvalue weighted by molar-refractivity contribution is -0.326. The van der Waals surface area contributed by atoms with Gasteiger partial charge in [0.2, 0.25) is 17.7 Å². The van der Waals surface area contributed by atoms with Gasteiger partial charge in [0, 0.05) is 82.1 Å². The Labute approximate surface area is 505 Å². The van der Waals surface area contributed by atoms with E-state index in [1.54, 1.807) is 0 Å². The number of nitrogens with one attached hydrogen (secondary N) is 2. The molecule has 25 nitrogen and oxygen atoms in total. The number of amides is 4. The number of carbonyl (C=O) groups is 8. The van der Waals surface area contributed by atoms with Crippen LogP contribution in [0.3, 0.4) is 0 Å². The fourth-order valence-corrected chi connectivity index (χ4v) is 9.08.